The Morgan fingerprint density at radius 1 is 0.923 bits per heavy atom. The summed E-state index contributed by atoms with van der Waals surface area (Å²) < 4.78 is 5.81. The van der Waals surface area contributed by atoms with Crippen LogP contribution in [-0.2, 0) is 0 Å². The summed E-state index contributed by atoms with van der Waals surface area (Å²) in [4.78, 5) is 9.00. The van der Waals surface area contributed by atoms with E-state index in [1.54, 1.807) is 6.21 Å². The second kappa shape index (κ2) is 7.38. The number of rotatable bonds is 4. The van der Waals surface area contributed by atoms with Gasteiger partial charge in [0.25, 0.3) is 0 Å². The summed E-state index contributed by atoms with van der Waals surface area (Å²) in [5.41, 5.74) is 4.29. The zero-order valence-electron chi connectivity index (χ0n) is 13.8. The van der Waals surface area contributed by atoms with Crippen molar-refractivity contribution in [3.63, 3.8) is 0 Å². The van der Waals surface area contributed by atoms with E-state index in [-0.39, 0.29) is 0 Å². The van der Waals surface area contributed by atoms with Gasteiger partial charge < -0.3 is 4.42 Å². The van der Waals surface area contributed by atoms with E-state index in [2.05, 4.69) is 9.98 Å². The Balaban J connectivity index is 1.56. The van der Waals surface area contributed by atoms with Crippen molar-refractivity contribution >= 4 is 40.7 Å². The van der Waals surface area contributed by atoms with Gasteiger partial charge in [0.1, 0.15) is 5.52 Å². The zero-order chi connectivity index (χ0) is 17.8. The number of allylic oxidation sites excluding steroid dienone is 1. The summed E-state index contributed by atoms with van der Waals surface area (Å²) in [6, 6.07) is 23.2. The third-order valence-electron chi connectivity index (χ3n) is 3.84. The van der Waals surface area contributed by atoms with E-state index in [4.69, 9.17) is 16.0 Å². The molecule has 126 valence electrons. The minimum absolute atomic E-state index is 0.549. The number of nitrogens with zero attached hydrogens (tertiary/aromatic N) is 2. The first-order chi connectivity index (χ1) is 12.8. The Morgan fingerprint density at radius 3 is 2.65 bits per heavy atom. The largest absolute Gasteiger partial charge is 0.436 e. The number of oxazole rings is 1. The Labute approximate surface area is 156 Å². The molecule has 26 heavy (non-hydrogen) atoms. The second-order valence-corrected chi connectivity index (χ2v) is 6.17. The summed E-state index contributed by atoms with van der Waals surface area (Å²) in [7, 11) is 0. The lowest BCUT2D eigenvalue weighted by Crippen LogP contribution is -1.76. The molecule has 0 aliphatic heterocycles. The molecule has 0 unspecified atom stereocenters. The molecule has 0 bridgehead atoms. The first kappa shape index (κ1) is 16.3. The Bertz CT molecular complexity index is 1100. The van der Waals surface area contributed by atoms with Crippen LogP contribution in [0.3, 0.4) is 0 Å². The number of halogens is 1. The highest BCUT2D eigenvalue weighted by Crippen LogP contribution is 2.28. The van der Waals surface area contributed by atoms with Gasteiger partial charge in [-0.15, -0.1) is 0 Å². The van der Waals surface area contributed by atoms with Gasteiger partial charge >= 0.3 is 0 Å². The predicted molar refractivity (Wildman–Crippen MR) is 108 cm³/mol. The van der Waals surface area contributed by atoms with Crippen LogP contribution in [0.1, 0.15) is 5.56 Å². The van der Waals surface area contributed by atoms with E-state index in [0.717, 1.165) is 27.9 Å². The molecule has 0 saturated carbocycles. The Kier molecular flexibility index (Phi) is 4.63. The van der Waals surface area contributed by atoms with Crippen LogP contribution in [0.5, 0.6) is 0 Å². The van der Waals surface area contributed by atoms with Gasteiger partial charge in [-0.05, 0) is 48.0 Å². The molecule has 4 aromatic rings. The van der Waals surface area contributed by atoms with Gasteiger partial charge in [0.05, 0.1) is 5.69 Å². The van der Waals surface area contributed by atoms with Gasteiger partial charge in [-0.1, -0.05) is 54.1 Å². The summed E-state index contributed by atoms with van der Waals surface area (Å²) in [6.45, 7) is 0. The monoisotopic (exact) mass is 358 g/mol. The second-order valence-electron chi connectivity index (χ2n) is 5.73. The van der Waals surface area contributed by atoms with E-state index < -0.39 is 0 Å². The van der Waals surface area contributed by atoms with Crippen molar-refractivity contribution in [2.24, 2.45) is 4.99 Å². The smallest absolute Gasteiger partial charge is 0.227 e. The molecule has 0 N–H and O–H groups in total. The molecule has 0 aliphatic carbocycles. The van der Waals surface area contributed by atoms with Gasteiger partial charge in [-0.3, -0.25) is 4.99 Å². The maximum Gasteiger partial charge on any atom is 0.227 e. The molecule has 3 aromatic carbocycles. The average molecular weight is 359 g/mol. The van der Waals surface area contributed by atoms with Gasteiger partial charge in [-0.25, -0.2) is 4.98 Å². The third kappa shape index (κ3) is 3.73. The molecule has 4 rings (SSSR count). The van der Waals surface area contributed by atoms with Crippen molar-refractivity contribution < 1.29 is 4.42 Å². The van der Waals surface area contributed by atoms with E-state index in [0.29, 0.717) is 10.9 Å². The van der Waals surface area contributed by atoms with Crippen molar-refractivity contribution in [2.75, 3.05) is 0 Å². The maximum absolute atomic E-state index is 6.04. The molecular weight excluding hydrogens is 344 g/mol. The third-order valence-corrected chi connectivity index (χ3v) is 4.08. The lowest BCUT2D eigenvalue weighted by Gasteiger charge is -1.94. The average Bonchev–Trinajstić information content (AvgIpc) is 3.10. The molecular formula is C22H15ClN2O. The van der Waals surface area contributed by atoms with Crippen LogP contribution in [0, 0.1) is 0 Å². The standard InChI is InChI=1S/C22H15ClN2O/c23-18-10-4-9-17(14-18)22-25-20-15-19(11-12-21(20)26-22)24-13-5-8-16-6-2-1-3-7-16/h1-15H. The maximum atomic E-state index is 6.04. The lowest BCUT2D eigenvalue weighted by molar-refractivity contribution is 0.620. The van der Waals surface area contributed by atoms with Crippen molar-refractivity contribution in [1.82, 2.24) is 4.98 Å². The normalized spacial score (nSPS) is 11.7. The van der Waals surface area contributed by atoms with E-state index in [9.17, 15) is 0 Å². The number of aromatic nitrogens is 1. The molecule has 1 heterocycles. The van der Waals surface area contributed by atoms with Crippen molar-refractivity contribution in [2.45, 2.75) is 0 Å². The molecule has 0 amide bonds. The molecule has 0 fully saturated rings. The summed E-state index contributed by atoms with van der Waals surface area (Å²) >= 11 is 6.04. The van der Waals surface area contributed by atoms with Crippen molar-refractivity contribution in [3.05, 3.63) is 89.5 Å². The van der Waals surface area contributed by atoms with Gasteiger partial charge in [0.15, 0.2) is 5.58 Å². The highest BCUT2D eigenvalue weighted by atomic mass is 35.5. The van der Waals surface area contributed by atoms with Crippen LogP contribution in [0.2, 0.25) is 5.02 Å². The number of fused-ring (bicyclic) bond motifs is 1. The van der Waals surface area contributed by atoms with Crippen LogP contribution >= 0.6 is 11.6 Å². The molecule has 1 aromatic heterocycles. The summed E-state index contributed by atoms with van der Waals surface area (Å²) in [6.07, 6.45) is 5.70. The van der Waals surface area contributed by atoms with Crippen molar-refractivity contribution in [1.29, 1.82) is 0 Å². The first-order valence-corrected chi connectivity index (χ1v) is 8.58. The number of hydrogen-bond donors (Lipinski definition) is 0. The lowest BCUT2D eigenvalue weighted by atomic mass is 10.2. The van der Waals surface area contributed by atoms with Gasteiger partial charge in [-0.2, -0.15) is 0 Å². The predicted octanol–water partition coefficient (Wildman–Crippen LogP) is 6.56. The van der Waals surface area contributed by atoms with Crippen LogP contribution in [0.4, 0.5) is 5.69 Å². The molecule has 4 heteroatoms. The first-order valence-electron chi connectivity index (χ1n) is 8.20. The fraction of sp³-hybridized carbons (Fsp3) is 0. The van der Waals surface area contributed by atoms with Gasteiger partial charge in [0, 0.05) is 16.8 Å². The summed E-state index contributed by atoms with van der Waals surface area (Å²) in [5.74, 6) is 0.549. The van der Waals surface area contributed by atoms with Crippen LogP contribution in [0.15, 0.2) is 88.3 Å². The minimum Gasteiger partial charge on any atom is -0.436 e. The molecule has 0 atom stereocenters. The Hall–Kier alpha value is -3.17. The highest BCUT2D eigenvalue weighted by molar-refractivity contribution is 6.30. The van der Waals surface area contributed by atoms with E-state index >= 15 is 0 Å². The molecule has 0 saturated heterocycles. The quantitative estimate of drug-likeness (QED) is 0.387. The minimum atomic E-state index is 0.549. The molecule has 0 radical (unpaired) electrons. The summed E-state index contributed by atoms with van der Waals surface area (Å²) in [5, 5.41) is 0.653. The topological polar surface area (TPSA) is 38.4 Å². The molecule has 0 aliphatic rings. The fourth-order valence-electron chi connectivity index (χ4n) is 2.59. The Morgan fingerprint density at radius 2 is 1.81 bits per heavy atom. The van der Waals surface area contributed by atoms with E-state index in [1.807, 2.05) is 84.9 Å². The highest BCUT2D eigenvalue weighted by Gasteiger charge is 2.08. The number of aliphatic imine (C=N–C) groups is 1. The van der Waals surface area contributed by atoms with E-state index in [1.165, 1.54) is 0 Å². The van der Waals surface area contributed by atoms with Crippen LogP contribution in [0.25, 0.3) is 28.6 Å². The zero-order valence-corrected chi connectivity index (χ0v) is 14.6. The number of hydrogen-bond acceptors (Lipinski definition) is 3. The number of benzene rings is 3. The SMILES string of the molecule is Clc1cccc(-c2nc3cc(N=CC=Cc4ccccc4)ccc3o2)c1. The van der Waals surface area contributed by atoms with Crippen LogP contribution in [-0.4, -0.2) is 11.2 Å². The molecule has 0 spiro atoms. The van der Waals surface area contributed by atoms with Crippen molar-refractivity contribution in [3.8, 4) is 11.5 Å². The fourth-order valence-corrected chi connectivity index (χ4v) is 2.78. The van der Waals surface area contributed by atoms with Gasteiger partial charge in [0.2, 0.25) is 5.89 Å². The van der Waals surface area contributed by atoms with Crippen LogP contribution < -0.4 is 0 Å². The molecule has 3 nitrogen and oxygen atoms in total.